The van der Waals surface area contributed by atoms with Gasteiger partial charge in [-0.3, -0.25) is 10.1 Å². The zero-order chi connectivity index (χ0) is 12.3. The minimum absolute atomic E-state index is 0.0226. The molecule has 17 heavy (non-hydrogen) atoms. The average Bonchev–Trinajstić information content (AvgIpc) is 2.72. The minimum atomic E-state index is -0.452. The topological polar surface area (TPSA) is 58.9 Å². The Morgan fingerprint density at radius 2 is 2.12 bits per heavy atom. The maximum absolute atomic E-state index is 10.6. The molecular formula is C12H7ClN2O2. The quantitative estimate of drug-likeness (QED) is 0.478. The third kappa shape index (κ3) is 2.65. The van der Waals surface area contributed by atoms with Crippen LogP contribution in [0.3, 0.4) is 0 Å². The molecule has 2 aromatic rings. The summed E-state index contributed by atoms with van der Waals surface area (Å²) in [5.74, 6) is 5.63. The Kier molecular flexibility index (Phi) is 3.12. The van der Waals surface area contributed by atoms with E-state index < -0.39 is 4.92 Å². The average molecular weight is 247 g/mol. The molecule has 0 saturated carbocycles. The van der Waals surface area contributed by atoms with Crippen molar-refractivity contribution >= 4 is 17.3 Å². The van der Waals surface area contributed by atoms with Crippen LogP contribution >= 0.6 is 11.6 Å². The molecule has 0 spiro atoms. The van der Waals surface area contributed by atoms with Crippen LogP contribution in [0.1, 0.15) is 11.3 Å². The smallest absolute Gasteiger partial charge is 0.270 e. The summed E-state index contributed by atoms with van der Waals surface area (Å²) in [5.41, 5.74) is 1.19. The molecule has 1 heterocycles. The first kappa shape index (κ1) is 11.2. The van der Waals surface area contributed by atoms with Gasteiger partial charge in [0.25, 0.3) is 5.69 Å². The van der Waals surface area contributed by atoms with E-state index in [0.717, 1.165) is 0 Å². The summed E-state index contributed by atoms with van der Waals surface area (Å²) in [6.07, 6.45) is 1.68. The van der Waals surface area contributed by atoms with Crippen molar-refractivity contribution in [3.63, 3.8) is 0 Å². The Morgan fingerprint density at radius 3 is 2.76 bits per heavy atom. The number of halogens is 1. The van der Waals surface area contributed by atoms with Gasteiger partial charge >= 0.3 is 0 Å². The Bertz CT molecular complexity index is 623. The van der Waals surface area contributed by atoms with Gasteiger partial charge in [-0.1, -0.05) is 23.6 Å². The number of hydrogen-bond acceptors (Lipinski definition) is 2. The summed E-state index contributed by atoms with van der Waals surface area (Å²) in [6.45, 7) is 0. The zero-order valence-corrected chi connectivity index (χ0v) is 9.36. The summed E-state index contributed by atoms with van der Waals surface area (Å²) in [7, 11) is 0. The highest BCUT2D eigenvalue weighted by Gasteiger charge is 2.03. The molecule has 0 unspecified atom stereocenters. The van der Waals surface area contributed by atoms with Crippen LogP contribution in [0.25, 0.3) is 0 Å². The SMILES string of the molecule is O=[N+]([O-])c1cccc(C#Cc2[nH]ccc2Cl)c1. The fourth-order valence-electron chi connectivity index (χ4n) is 1.28. The maximum atomic E-state index is 10.6. The van der Waals surface area contributed by atoms with Crippen molar-refractivity contribution in [1.29, 1.82) is 0 Å². The van der Waals surface area contributed by atoms with Crippen LogP contribution in [-0.4, -0.2) is 9.91 Å². The molecular weight excluding hydrogens is 240 g/mol. The van der Waals surface area contributed by atoms with E-state index in [-0.39, 0.29) is 5.69 Å². The van der Waals surface area contributed by atoms with Crippen molar-refractivity contribution < 1.29 is 4.92 Å². The standard InChI is InChI=1S/C12H7ClN2O2/c13-11-6-7-14-12(11)5-4-9-2-1-3-10(8-9)15(16)17/h1-3,6-8,14H. The summed E-state index contributed by atoms with van der Waals surface area (Å²) in [5, 5.41) is 11.1. The van der Waals surface area contributed by atoms with Crippen LogP contribution in [0, 0.1) is 22.0 Å². The van der Waals surface area contributed by atoms with Crippen molar-refractivity contribution in [2.45, 2.75) is 0 Å². The molecule has 0 aliphatic carbocycles. The number of H-pyrrole nitrogens is 1. The molecule has 0 amide bonds. The third-order valence-electron chi connectivity index (χ3n) is 2.08. The minimum Gasteiger partial charge on any atom is -0.354 e. The lowest BCUT2D eigenvalue weighted by Crippen LogP contribution is -1.87. The van der Waals surface area contributed by atoms with E-state index in [1.54, 1.807) is 24.4 Å². The first-order chi connectivity index (χ1) is 8.16. The van der Waals surface area contributed by atoms with Gasteiger partial charge in [-0.2, -0.15) is 0 Å². The van der Waals surface area contributed by atoms with Crippen molar-refractivity contribution in [1.82, 2.24) is 4.98 Å². The first-order valence-electron chi connectivity index (χ1n) is 4.76. The molecule has 0 bridgehead atoms. The molecule has 0 aliphatic heterocycles. The highest BCUT2D eigenvalue weighted by atomic mass is 35.5. The van der Waals surface area contributed by atoms with Gasteiger partial charge in [-0.15, -0.1) is 0 Å². The summed E-state index contributed by atoms with van der Waals surface area (Å²) < 4.78 is 0. The predicted octanol–water partition coefficient (Wildman–Crippen LogP) is 2.98. The Morgan fingerprint density at radius 1 is 1.29 bits per heavy atom. The van der Waals surface area contributed by atoms with Gasteiger partial charge in [0.05, 0.1) is 9.95 Å². The molecule has 0 fully saturated rings. The molecule has 5 heteroatoms. The second-order valence-electron chi connectivity index (χ2n) is 3.26. The largest absolute Gasteiger partial charge is 0.354 e. The Hall–Kier alpha value is -2.25. The second-order valence-corrected chi connectivity index (χ2v) is 3.67. The second kappa shape index (κ2) is 4.73. The normalized spacial score (nSPS) is 9.47. The van der Waals surface area contributed by atoms with E-state index in [1.165, 1.54) is 12.1 Å². The Balaban J connectivity index is 2.31. The zero-order valence-electron chi connectivity index (χ0n) is 8.61. The van der Waals surface area contributed by atoms with Gasteiger partial charge in [0.2, 0.25) is 0 Å². The van der Waals surface area contributed by atoms with E-state index in [0.29, 0.717) is 16.3 Å². The lowest BCUT2D eigenvalue weighted by molar-refractivity contribution is -0.384. The molecule has 0 saturated heterocycles. The van der Waals surface area contributed by atoms with Crippen LogP contribution in [0.4, 0.5) is 5.69 Å². The third-order valence-corrected chi connectivity index (χ3v) is 2.40. The molecule has 0 atom stereocenters. The highest BCUT2D eigenvalue weighted by molar-refractivity contribution is 6.31. The highest BCUT2D eigenvalue weighted by Crippen LogP contribution is 2.14. The number of benzene rings is 1. The fraction of sp³-hybridized carbons (Fsp3) is 0. The van der Waals surface area contributed by atoms with Crippen LogP contribution in [0.5, 0.6) is 0 Å². The van der Waals surface area contributed by atoms with E-state index in [1.807, 2.05) is 0 Å². The monoisotopic (exact) mass is 246 g/mol. The van der Waals surface area contributed by atoms with Gasteiger partial charge in [-0.25, -0.2) is 0 Å². The molecule has 4 nitrogen and oxygen atoms in total. The number of nitrogens with one attached hydrogen (secondary N) is 1. The molecule has 0 aliphatic rings. The molecule has 1 aromatic heterocycles. The fourth-order valence-corrected chi connectivity index (χ4v) is 1.44. The summed E-state index contributed by atoms with van der Waals surface area (Å²) in [6, 6.07) is 7.84. The molecule has 84 valence electrons. The van der Waals surface area contributed by atoms with Crippen molar-refractivity contribution in [2.75, 3.05) is 0 Å². The number of non-ortho nitro benzene ring substituents is 1. The lowest BCUT2D eigenvalue weighted by Gasteiger charge is -1.91. The van der Waals surface area contributed by atoms with E-state index >= 15 is 0 Å². The van der Waals surface area contributed by atoms with E-state index in [4.69, 9.17) is 11.6 Å². The van der Waals surface area contributed by atoms with Gasteiger partial charge in [0.15, 0.2) is 0 Å². The number of aromatic nitrogens is 1. The molecule has 2 rings (SSSR count). The van der Waals surface area contributed by atoms with Crippen LogP contribution < -0.4 is 0 Å². The summed E-state index contributed by atoms with van der Waals surface area (Å²) in [4.78, 5) is 13.0. The van der Waals surface area contributed by atoms with Crippen LogP contribution in [0.15, 0.2) is 36.5 Å². The van der Waals surface area contributed by atoms with Crippen molar-refractivity contribution in [2.24, 2.45) is 0 Å². The van der Waals surface area contributed by atoms with Crippen molar-refractivity contribution in [3.8, 4) is 11.8 Å². The predicted molar refractivity (Wildman–Crippen MR) is 64.9 cm³/mol. The van der Waals surface area contributed by atoms with E-state index in [9.17, 15) is 10.1 Å². The molecule has 1 N–H and O–H groups in total. The number of aromatic amines is 1. The van der Waals surface area contributed by atoms with Gasteiger partial charge in [0, 0.05) is 23.9 Å². The number of hydrogen-bond donors (Lipinski definition) is 1. The number of nitro groups is 1. The maximum Gasteiger partial charge on any atom is 0.270 e. The lowest BCUT2D eigenvalue weighted by atomic mass is 10.2. The Labute approximate surface area is 102 Å². The van der Waals surface area contributed by atoms with Crippen molar-refractivity contribution in [3.05, 3.63) is 62.9 Å². The summed E-state index contributed by atoms with van der Waals surface area (Å²) >= 11 is 5.85. The first-order valence-corrected chi connectivity index (χ1v) is 5.14. The number of nitro benzene ring substituents is 1. The van der Waals surface area contributed by atoms with Gasteiger partial charge in [-0.05, 0) is 18.1 Å². The van der Waals surface area contributed by atoms with Crippen LogP contribution in [0.2, 0.25) is 5.02 Å². The number of nitrogens with zero attached hydrogens (tertiary/aromatic N) is 1. The number of rotatable bonds is 1. The molecule has 0 radical (unpaired) electrons. The molecule has 1 aromatic carbocycles. The van der Waals surface area contributed by atoms with E-state index in [2.05, 4.69) is 16.8 Å². The van der Waals surface area contributed by atoms with Crippen LogP contribution in [-0.2, 0) is 0 Å². The van der Waals surface area contributed by atoms with Gasteiger partial charge < -0.3 is 4.98 Å². The van der Waals surface area contributed by atoms with Gasteiger partial charge in [0.1, 0.15) is 5.69 Å².